The lowest BCUT2D eigenvalue weighted by Crippen LogP contribution is -2.07. The lowest BCUT2D eigenvalue weighted by molar-refractivity contribution is 0.333. The molecule has 0 spiro atoms. The van der Waals surface area contributed by atoms with Gasteiger partial charge in [-0.3, -0.25) is 0 Å². The number of hydrogen-bond donors (Lipinski definition) is 0. The third-order valence-electron chi connectivity index (χ3n) is 2.71. The maximum absolute atomic E-state index is 2.35. The van der Waals surface area contributed by atoms with E-state index in [1.54, 1.807) is 0 Å². The molecule has 1 fully saturated rings. The van der Waals surface area contributed by atoms with Gasteiger partial charge in [0.15, 0.2) is 0 Å². The summed E-state index contributed by atoms with van der Waals surface area (Å²) in [6.07, 6.45) is 2.92. The Hall–Kier alpha value is 0. The van der Waals surface area contributed by atoms with Crippen molar-refractivity contribution in [2.75, 3.05) is 0 Å². The van der Waals surface area contributed by atoms with Crippen LogP contribution in [0.3, 0.4) is 0 Å². The van der Waals surface area contributed by atoms with Crippen molar-refractivity contribution in [2.24, 2.45) is 23.2 Å². The molecule has 0 aromatic heterocycles. The summed E-state index contributed by atoms with van der Waals surface area (Å²) in [5.41, 5.74) is 0.550. The summed E-state index contributed by atoms with van der Waals surface area (Å²) >= 11 is 0. The molecule has 1 rings (SSSR count). The van der Waals surface area contributed by atoms with Crippen LogP contribution >= 0.6 is 0 Å². The van der Waals surface area contributed by atoms with Crippen LogP contribution in [0.25, 0.3) is 0 Å². The molecule has 2 unspecified atom stereocenters. The first-order chi connectivity index (χ1) is 4.90. The average molecular weight is 154 g/mol. The Balaban J connectivity index is 2.24. The summed E-state index contributed by atoms with van der Waals surface area (Å²) < 4.78 is 0. The molecule has 1 saturated carbocycles. The van der Waals surface area contributed by atoms with E-state index in [-0.39, 0.29) is 0 Å². The van der Waals surface area contributed by atoms with Crippen molar-refractivity contribution < 1.29 is 0 Å². The van der Waals surface area contributed by atoms with Crippen molar-refractivity contribution in [3.63, 3.8) is 0 Å². The van der Waals surface area contributed by atoms with Gasteiger partial charge in [-0.05, 0) is 36.0 Å². The van der Waals surface area contributed by atoms with Crippen LogP contribution in [-0.4, -0.2) is 0 Å². The van der Waals surface area contributed by atoms with Gasteiger partial charge in [-0.25, -0.2) is 0 Å². The molecule has 0 aromatic rings. The minimum Gasteiger partial charge on any atom is -0.0625 e. The van der Waals surface area contributed by atoms with Gasteiger partial charge in [0, 0.05) is 0 Å². The van der Waals surface area contributed by atoms with E-state index >= 15 is 0 Å². The maximum atomic E-state index is 2.35. The van der Waals surface area contributed by atoms with Gasteiger partial charge < -0.3 is 0 Å². The first-order valence-electron chi connectivity index (χ1n) is 4.90. The molecule has 11 heavy (non-hydrogen) atoms. The predicted molar refractivity (Wildman–Crippen MR) is 50.5 cm³/mol. The Morgan fingerprint density at radius 1 is 1.27 bits per heavy atom. The van der Waals surface area contributed by atoms with Gasteiger partial charge in [0.25, 0.3) is 0 Å². The van der Waals surface area contributed by atoms with E-state index in [0.29, 0.717) is 5.41 Å². The summed E-state index contributed by atoms with van der Waals surface area (Å²) in [7, 11) is 0. The summed E-state index contributed by atoms with van der Waals surface area (Å²) in [5, 5.41) is 0. The van der Waals surface area contributed by atoms with E-state index in [9.17, 15) is 0 Å². The monoisotopic (exact) mass is 154 g/mol. The van der Waals surface area contributed by atoms with Crippen molar-refractivity contribution in [1.29, 1.82) is 0 Å². The zero-order chi connectivity index (χ0) is 8.65. The maximum Gasteiger partial charge on any atom is -0.0360 e. The van der Waals surface area contributed by atoms with Crippen LogP contribution in [0, 0.1) is 23.2 Å². The molecule has 0 amide bonds. The van der Waals surface area contributed by atoms with Crippen LogP contribution in [0.1, 0.15) is 47.5 Å². The van der Waals surface area contributed by atoms with E-state index in [2.05, 4.69) is 34.6 Å². The number of rotatable bonds is 2. The predicted octanol–water partition coefficient (Wildman–Crippen LogP) is 3.71. The normalized spacial score (nSPS) is 31.1. The molecule has 1 aliphatic rings. The van der Waals surface area contributed by atoms with Crippen LogP contribution in [0.4, 0.5) is 0 Å². The summed E-state index contributed by atoms with van der Waals surface area (Å²) in [5.74, 6) is 3.02. The molecular weight excluding hydrogens is 132 g/mol. The van der Waals surface area contributed by atoms with Crippen molar-refractivity contribution in [3.05, 3.63) is 0 Å². The van der Waals surface area contributed by atoms with Gasteiger partial charge in [-0.15, -0.1) is 0 Å². The van der Waals surface area contributed by atoms with Crippen LogP contribution < -0.4 is 0 Å². The zero-order valence-electron chi connectivity index (χ0n) is 8.65. The van der Waals surface area contributed by atoms with Crippen molar-refractivity contribution >= 4 is 0 Å². The highest BCUT2D eigenvalue weighted by atomic mass is 14.5. The fourth-order valence-corrected chi connectivity index (χ4v) is 2.11. The van der Waals surface area contributed by atoms with E-state index in [4.69, 9.17) is 0 Å². The molecule has 0 nitrogen and oxygen atoms in total. The molecule has 0 radical (unpaired) electrons. The van der Waals surface area contributed by atoms with Gasteiger partial charge in [0.2, 0.25) is 0 Å². The minimum atomic E-state index is 0.550. The van der Waals surface area contributed by atoms with Crippen molar-refractivity contribution in [2.45, 2.75) is 47.5 Å². The molecular formula is C11H22. The summed E-state index contributed by atoms with van der Waals surface area (Å²) in [4.78, 5) is 0. The van der Waals surface area contributed by atoms with Crippen LogP contribution in [0.5, 0.6) is 0 Å². The zero-order valence-corrected chi connectivity index (χ0v) is 8.65. The van der Waals surface area contributed by atoms with Crippen LogP contribution in [0.2, 0.25) is 0 Å². The Morgan fingerprint density at radius 3 is 2.09 bits per heavy atom. The smallest absolute Gasteiger partial charge is 0.0360 e. The van der Waals surface area contributed by atoms with E-state index in [1.165, 1.54) is 12.8 Å². The quantitative estimate of drug-likeness (QED) is 0.568. The van der Waals surface area contributed by atoms with Gasteiger partial charge in [0.05, 0.1) is 0 Å². The highest BCUT2D eigenvalue weighted by Crippen LogP contribution is 2.49. The highest BCUT2D eigenvalue weighted by molar-refractivity contribution is 4.90. The average Bonchev–Trinajstić information content (AvgIpc) is 2.40. The van der Waals surface area contributed by atoms with Crippen LogP contribution in [-0.2, 0) is 0 Å². The van der Waals surface area contributed by atoms with Gasteiger partial charge in [0.1, 0.15) is 0 Å². The Labute approximate surface area is 71.4 Å². The molecule has 1 aliphatic carbocycles. The lowest BCUT2D eigenvalue weighted by Gasteiger charge is -2.18. The van der Waals surface area contributed by atoms with Crippen molar-refractivity contribution in [3.8, 4) is 0 Å². The van der Waals surface area contributed by atoms with Gasteiger partial charge in [-0.2, -0.15) is 0 Å². The molecule has 0 N–H and O–H groups in total. The van der Waals surface area contributed by atoms with Crippen molar-refractivity contribution in [1.82, 2.24) is 0 Å². The third-order valence-corrected chi connectivity index (χ3v) is 2.71. The molecule has 2 atom stereocenters. The summed E-state index contributed by atoms with van der Waals surface area (Å²) in [6, 6.07) is 0. The standard InChI is InChI=1S/C11H22/c1-8(2)10-6-9(10)7-11(3,4)5/h8-10H,6-7H2,1-5H3. The van der Waals surface area contributed by atoms with E-state index in [0.717, 1.165) is 17.8 Å². The van der Waals surface area contributed by atoms with E-state index in [1.807, 2.05) is 0 Å². The molecule has 0 heterocycles. The Bertz CT molecular complexity index is 127. The third kappa shape index (κ3) is 2.84. The molecule has 0 saturated heterocycles. The summed E-state index contributed by atoms with van der Waals surface area (Å²) in [6.45, 7) is 11.8. The molecule has 0 aliphatic heterocycles. The first kappa shape index (κ1) is 9.09. The topological polar surface area (TPSA) is 0 Å². The second kappa shape index (κ2) is 2.80. The fourth-order valence-electron chi connectivity index (χ4n) is 2.11. The second-order valence-electron chi connectivity index (χ2n) is 5.67. The second-order valence-corrected chi connectivity index (χ2v) is 5.67. The Kier molecular flexibility index (Phi) is 2.32. The molecule has 0 aromatic carbocycles. The Morgan fingerprint density at radius 2 is 1.82 bits per heavy atom. The molecule has 66 valence electrons. The van der Waals surface area contributed by atoms with Gasteiger partial charge >= 0.3 is 0 Å². The first-order valence-corrected chi connectivity index (χ1v) is 4.90. The number of hydrogen-bond acceptors (Lipinski definition) is 0. The molecule has 0 bridgehead atoms. The minimum absolute atomic E-state index is 0.550. The molecule has 0 heteroatoms. The van der Waals surface area contributed by atoms with Crippen LogP contribution in [0.15, 0.2) is 0 Å². The fraction of sp³-hybridized carbons (Fsp3) is 1.00. The SMILES string of the molecule is CC(C)C1CC1CC(C)(C)C. The highest BCUT2D eigenvalue weighted by Gasteiger charge is 2.40. The van der Waals surface area contributed by atoms with E-state index < -0.39 is 0 Å². The lowest BCUT2D eigenvalue weighted by atomic mass is 9.88. The van der Waals surface area contributed by atoms with Gasteiger partial charge in [-0.1, -0.05) is 34.6 Å². The largest absolute Gasteiger partial charge is 0.0625 e.